The molecule has 0 amide bonds. The van der Waals surface area contributed by atoms with E-state index in [0.717, 1.165) is 53.7 Å². The van der Waals surface area contributed by atoms with Gasteiger partial charge in [0.25, 0.3) is 0 Å². The second kappa shape index (κ2) is 28.1. The number of benzene rings is 2. The number of imidazole rings is 2. The van der Waals surface area contributed by atoms with Crippen molar-refractivity contribution in [3.05, 3.63) is 136 Å². The SMILES string of the molecule is C/C=C\C.C=CC=C.C=CN.C=CN.CC.CCCNCc1ncc(-c2ccc(-c3ccc(-c4cnc(C5CC(O)CN5)[nH]4)cc3)cc2)[nH]1. The van der Waals surface area contributed by atoms with Crippen LogP contribution >= 0.6 is 0 Å². The average molecular weight is 669 g/mol. The zero-order valence-electron chi connectivity index (χ0n) is 30.3. The number of nitrogens with one attached hydrogen (secondary N) is 4. The fourth-order valence-corrected chi connectivity index (χ4v) is 4.25. The fraction of sp³-hybridized carbons (Fsp3) is 0.300. The van der Waals surface area contributed by atoms with Crippen LogP contribution in [0, 0.1) is 0 Å². The van der Waals surface area contributed by atoms with E-state index < -0.39 is 0 Å². The largest absolute Gasteiger partial charge is 0.405 e. The van der Waals surface area contributed by atoms with Crippen LogP contribution in [0.4, 0.5) is 0 Å². The number of aromatic nitrogens is 4. The predicted molar refractivity (Wildman–Crippen MR) is 211 cm³/mol. The van der Waals surface area contributed by atoms with Crippen LogP contribution in [0.3, 0.4) is 0 Å². The Bertz CT molecular complexity index is 1440. The average Bonchev–Trinajstić information content (AvgIpc) is 3.92. The van der Waals surface area contributed by atoms with E-state index in [1.54, 1.807) is 12.2 Å². The van der Waals surface area contributed by atoms with Crippen molar-refractivity contribution in [2.24, 2.45) is 11.5 Å². The van der Waals surface area contributed by atoms with Gasteiger partial charge < -0.3 is 37.2 Å². The van der Waals surface area contributed by atoms with Crippen molar-refractivity contribution in [2.45, 2.75) is 66.2 Å². The van der Waals surface area contributed by atoms with E-state index in [-0.39, 0.29) is 12.1 Å². The number of nitrogens with two attached hydrogens (primary N) is 2. The van der Waals surface area contributed by atoms with Crippen molar-refractivity contribution in [2.75, 3.05) is 13.1 Å². The number of H-pyrrole nitrogens is 2. The first-order valence-electron chi connectivity index (χ1n) is 16.7. The summed E-state index contributed by atoms with van der Waals surface area (Å²) in [5.41, 5.74) is 15.8. The standard InChI is InChI=1S/C26H30N6O.C4H8.C4H6.2C2H5N.C2H6/c1-2-11-27-16-25-29-14-23(31-25)19-7-3-17(4-8-19)18-5-9-20(10-6-18)24-15-30-26(32-24)22-12-21(33)13-28-22;2*1-3-4-2;2*1-2-3;1-2/h3-10,14-15,21-22,27-28,33H,2,11-13,16H2,1H3,(H,29,31)(H,30,32);3-4H,1-2H3;3-4H,1-2H2;2*2H,1,3H2;1-2H3/b;4-3-;;;;. The van der Waals surface area contributed by atoms with Crippen LogP contribution in [0.2, 0.25) is 0 Å². The molecule has 9 heteroatoms. The molecule has 5 rings (SSSR count). The smallest absolute Gasteiger partial charge is 0.123 e. The summed E-state index contributed by atoms with van der Waals surface area (Å²) in [6.07, 6.45) is 15.0. The number of hydrogen-bond acceptors (Lipinski definition) is 7. The highest BCUT2D eigenvalue weighted by atomic mass is 16.3. The van der Waals surface area contributed by atoms with E-state index in [4.69, 9.17) is 0 Å². The van der Waals surface area contributed by atoms with Crippen molar-refractivity contribution in [1.82, 2.24) is 30.6 Å². The first-order chi connectivity index (χ1) is 23.8. The summed E-state index contributed by atoms with van der Waals surface area (Å²) in [5, 5.41) is 16.4. The summed E-state index contributed by atoms with van der Waals surface area (Å²) in [6, 6.07) is 17.1. The van der Waals surface area contributed by atoms with E-state index in [9.17, 15) is 5.11 Å². The van der Waals surface area contributed by atoms with Gasteiger partial charge in [0.2, 0.25) is 0 Å². The second-order valence-electron chi connectivity index (χ2n) is 10.2. The zero-order valence-corrected chi connectivity index (χ0v) is 30.3. The lowest BCUT2D eigenvalue weighted by Crippen LogP contribution is -2.15. The highest BCUT2D eigenvalue weighted by Gasteiger charge is 2.25. The van der Waals surface area contributed by atoms with E-state index in [2.05, 4.69) is 124 Å². The van der Waals surface area contributed by atoms with Crippen molar-refractivity contribution >= 4 is 0 Å². The summed E-state index contributed by atoms with van der Waals surface area (Å²) in [6.45, 7) is 25.5. The lowest BCUT2D eigenvalue weighted by Gasteiger charge is -2.06. The maximum atomic E-state index is 9.73. The van der Waals surface area contributed by atoms with Crippen molar-refractivity contribution < 1.29 is 5.11 Å². The number of allylic oxidation sites excluding steroid dienone is 4. The third-order valence-corrected chi connectivity index (χ3v) is 6.61. The Kier molecular flexibility index (Phi) is 25.2. The van der Waals surface area contributed by atoms with Gasteiger partial charge in [0.05, 0.1) is 42.5 Å². The summed E-state index contributed by atoms with van der Waals surface area (Å²) in [4.78, 5) is 15.8. The third kappa shape index (κ3) is 17.1. The Labute approximate surface area is 295 Å². The maximum absolute atomic E-state index is 9.73. The fourth-order valence-electron chi connectivity index (χ4n) is 4.25. The molecule has 0 bridgehead atoms. The minimum absolute atomic E-state index is 0.0880. The highest BCUT2D eigenvalue weighted by molar-refractivity contribution is 5.71. The quantitative estimate of drug-likeness (QED) is 0.0539. The number of aromatic amines is 2. The summed E-state index contributed by atoms with van der Waals surface area (Å²) in [7, 11) is 0. The molecule has 49 heavy (non-hydrogen) atoms. The number of nitrogens with zero attached hydrogens (tertiary/aromatic N) is 2. The number of β-amino-alcohol motifs (C(OH)–C–C–N with tert-alkyl or cyclic N) is 1. The zero-order chi connectivity index (χ0) is 36.9. The van der Waals surface area contributed by atoms with E-state index >= 15 is 0 Å². The lowest BCUT2D eigenvalue weighted by atomic mass is 10.0. The molecular formula is C40H60N8O. The van der Waals surface area contributed by atoms with Gasteiger partial charge in [-0.15, -0.1) is 0 Å². The molecule has 1 saturated heterocycles. The molecule has 1 aliphatic rings. The molecule has 9 N–H and O–H groups in total. The number of rotatable bonds is 9. The molecule has 0 radical (unpaired) electrons. The lowest BCUT2D eigenvalue weighted by molar-refractivity contribution is 0.193. The molecule has 266 valence electrons. The number of aliphatic hydroxyl groups is 1. The van der Waals surface area contributed by atoms with Gasteiger partial charge >= 0.3 is 0 Å². The maximum Gasteiger partial charge on any atom is 0.123 e. The van der Waals surface area contributed by atoms with Crippen LogP contribution < -0.4 is 22.1 Å². The predicted octanol–water partition coefficient (Wildman–Crippen LogP) is 8.17. The van der Waals surface area contributed by atoms with Crippen molar-refractivity contribution in [3.8, 4) is 33.6 Å². The minimum atomic E-state index is -0.299. The Morgan fingerprint density at radius 1 is 0.796 bits per heavy atom. The van der Waals surface area contributed by atoms with Crippen LogP contribution in [0.5, 0.6) is 0 Å². The third-order valence-electron chi connectivity index (χ3n) is 6.61. The molecule has 0 spiro atoms. The number of aliphatic hydroxyl groups excluding tert-OH is 1. The molecule has 4 aromatic rings. The van der Waals surface area contributed by atoms with Crippen molar-refractivity contribution in [3.63, 3.8) is 0 Å². The molecule has 2 aromatic carbocycles. The van der Waals surface area contributed by atoms with Crippen LogP contribution in [-0.2, 0) is 6.54 Å². The van der Waals surface area contributed by atoms with Gasteiger partial charge in [0, 0.05) is 6.54 Å². The van der Waals surface area contributed by atoms with Gasteiger partial charge in [0.1, 0.15) is 11.6 Å². The molecule has 0 aliphatic carbocycles. The number of hydrogen-bond donors (Lipinski definition) is 7. The van der Waals surface area contributed by atoms with Gasteiger partial charge in [-0.25, -0.2) is 9.97 Å². The molecule has 3 heterocycles. The summed E-state index contributed by atoms with van der Waals surface area (Å²) in [5.74, 6) is 1.84. The van der Waals surface area contributed by atoms with Gasteiger partial charge in [-0.2, -0.15) is 0 Å². The molecule has 1 aliphatic heterocycles. The topological polar surface area (TPSA) is 154 Å². The Balaban J connectivity index is 0.00000123. The van der Waals surface area contributed by atoms with Gasteiger partial charge in [0.15, 0.2) is 0 Å². The van der Waals surface area contributed by atoms with Gasteiger partial charge in [-0.05, 0) is 67.9 Å². The molecule has 9 nitrogen and oxygen atoms in total. The molecule has 2 unspecified atom stereocenters. The minimum Gasteiger partial charge on any atom is -0.405 e. The molecular weight excluding hydrogens is 608 g/mol. The Hall–Kier alpha value is -4.96. The van der Waals surface area contributed by atoms with E-state index in [0.29, 0.717) is 13.0 Å². The molecule has 2 aromatic heterocycles. The Morgan fingerprint density at radius 3 is 1.65 bits per heavy atom. The van der Waals surface area contributed by atoms with Crippen LogP contribution in [-0.4, -0.2) is 44.2 Å². The second-order valence-corrected chi connectivity index (χ2v) is 10.2. The van der Waals surface area contributed by atoms with E-state index in [1.165, 1.54) is 23.5 Å². The van der Waals surface area contributed by atoms with Crippen molar-refractivity contribution in [1.29, 1.82) is 0 Å². The van der Waals surface area contributed by atoms with Crippen LogP contribution in [0.25, 0.3) is 33.6 Å². The van der Waals surface area contributed by atoms with Crippen LogP contribution in [0.15, 0.2) is 124 Å². The Morgan fingerprint density at radius 2 is 1.24 bits per heavy atom. The van der Waals surface area contributed by atoms with Crippen LogP contribution in [0.1, 0.15) is 65.2 Å². The summed E-state index contributed by atoms with van der Waals surface area (Å²) >= 11 is 0. The molecule has 2 atom stereocenters. The highest BCUT2D eigenvalue weighted by Crippen LogP contribution is 2.28. The first kappa shape index (κ1) is 44.0. The summed E-state index contributed by atoms with van der Waals surface area (Å²) < 4.78 is 0. The van der Waals surface area contributed by atoms with E-state index in [1.807, 2.05) is 52.2 Å². The molecule has 1 fully saturated rings. The monoisotopic (exact) mass is 668 g/mol. The molecule has 0 saturated carbocycles. The normalized spacial score (nSPS) is 14.0. The van der Waals surface area contributed by atoms with Gasteiger partial charge in [-0.1, -0.05) is 120 Å². The van der Waals surface area contributed by atoms with Gasteiger partial charge in [-0.3, -0.25) is 0 Å². The first-order valence-corrected chi connectivity index (χ1v) is 16.7.